The summed E-state index contributed by atoms with van der Waals surface area (Å²) in [6.45, 7) is 15.9. The summed E-state index contributed by atoms with van der Waals surface area (Å²) >= 11 is 0. The van der Waals surface area contributed by atoms with Gasteiger partial charge in [0.05, 0.1) is 6.10 Å². The van der Waals surface area contributed by atoms with Gasteiger partial charge in [0, 0.05) is 6.61 Å². The Morgan fingerprint density at radius 2 is 1.81 bits per heavy atom. The van der Waals surface area contributed by atoms with Crippen LogP contribution in [0.15, 0.2) is 11.6 Å². The van der Waals surface area contributed by atoms with Crippen molar-refractivity contribution in [3.8, 4) is 0 Å². The molecule has 0 radical (unpaired) electrons. The first-order valence-corrected chi connectivity index (χ1v) is 14.1. The van der Waals surface area contributed by atoms with E-state index in [1.807, 2.05) is 0 Å². The lowest BCUT2D eigenvalue weighted by atomic mass is 9.47. The third kappa shape index (κ3) is 4.43. The van der Waals surface area contributed by atoms with Crippen molar-refractivity contribution in [3.63, 3.8) is 0 Å². The molecule has 0 spiro atoms. The lowest BCUT2D eigenvalue weighted by Crippen LogP contribution is -2.51. The second kappa shape index (κ2) is 9.52. The maximum atomic E-state index is 6.19. The number of allylic oxidation sites excluding steroid dienone is 1. The number of hydrogen-bond acceptors (Lipinski definition) is 1. The molecule has 0 amide bonds. The molecule has 1 nitrogen and oxygen atoms in total. The van der Waals surface area contributed by atoms with Crippen LogP contribution in [0, 0.1) is 46.3 Å². The fraction of sp³-hybridized carbons (Fsp3) is 0.933. The van der Waals surface area contributed by atoms with E-state index in [0.717, 1.165) is 48.5 Å². The second-order valence-corrected chi connectivity index (χ2v) is 13.0. The number of fused-ring (bicyclic) bond motifs is 5. The van der Waals surface area contributed by atoms with Gasteiger partial charge >= 0.3 is 0 Å². The molecule has 0 aromatic heterocycles. The van der Waals surface area contributed by atoms with Crippen molar-refractivity contribution in [1.82, 2.24) is 0 Å². The van der Waals surface area contributed by atoms with Gasteiger partial charge in [-0.2, -0.15) is 0 Å². The normalized spacial score (nSPS) is 43.2. The highest BCUT2D eigenvalue weighted by atomic mass is 16.5. The Hall–Kier alpha value is -0.300. The van der Waals surface area contributed by atoms with Crippen LogP contribution in [0.3, 0.4) is 0 Å². The summed E-state index contributed by atoms with van der Waals surface area (Å²) in [4.78, 5) is 0. The summed E-state index contributed by atoms with van der Waals surface area (Å²) < 4.78 is 6.19. The van der Waals surface area contributed by atoms with E-state index in [-0.39, 0.29) is 0 Å². The average Bonchev–Trinajstić information content (AvgIpc) is 3.09. The molecule has 0 saturated heterocycles. The van der Waals surface area contributed by atoms with Crippen molar-refractivity contribution in [2.45, 2.75) is 125 Å². The molecule has 4 rings (SSSR count). The van der Waals surface area contributed by atoms with Crippen molar-refractivity contribution < 1.29 is 4.74 Å². The lowest BCUT2D eigenvalue weighted by Gasteiger charge is -2.58. The maximum absolute atomic E-state index is 6.19. The first kappa shape index (κ1) is 23.8. The van der Waals surface area contributed by atoms with Gasteiger partial charge in [0.25, 0.3) is 0 Å². The number of hydrogen-bond donors (Lipinski definition) is 0. The molecule has 8 atom stereocenters. The Morgan fingerprint density at radius 1 is 1.00 bits per heavy atom. The van der Waals surface area contributed by atoms with Gasteiger partial charge in [-0.15, -0.1) is 0 Å². The molecule has 4 aliphatic rings. The molecule has 0 bridgehead atoms. The lowest BCUT2D eigenvalue weighted by molar-refractivity contribution is -0.0638. The Balaban J connectivity index is 1.45. The molecule has 3 fully saturated rings. The van der Waals surface area contributed by atoms with E-state index in [1.165, 1.54) is 70.6 Å². The smallest absolute Gasteiger partial charge is 0.0612 e. The summed E-state index contributed by atoms with van der Waals surface area (Å²) in [6.07, 6.45) is 19.9. The summed E-state index contributed by atoms with van der Waals surface area (Å²) in [5, 5.41) is 0. The Morgan fingerprint density at radius 3 is 2.55 bits per heavy atom. The van der Waals surface area contributed by atoms with Crippen LogP contribution in [-0.4, -0.2) is 12.7 Å². The predicted molar refractivity (Wildman–Crippen MR) is 133 cm³/mol. The first-order valence-electron chi connectivity index (χ1n) is 14.1. The molecule has 0 aliphatic heterocycles. The second-order valence-electron chi connectivity index (χ2n) is 13.0. The van der Waals surface area contributed by atoms with E-state index < -0.39 is 0 Å². The van der Waals surface area contributed by atoms with Crippen molar-refractivity contribution in [3.05, 3.63) is 11.6 Å². The highest BCUT2D eigenvalue weighted by Gasteiger charge is 2.59. The maximum Gasteiger partial charge on any atom is 0.0612 e. The molecule has 0 heterocycles. The monoisotopic (exact) mass is 428 g/mol. The zero-order valence-electron chi connectivity index (χ0n) is 21.7. The molecule has 4 aliphatic carbocycles. The van der Waals surface area contributed by atoms with Crippen LogP contribution in [0.1, 0.15) is 119 Å². The van der Waals surface area contributed by atoms with Crippen LogP contribution >= 0.6 is 0 Å². The molecular formula is C30H52O. The topological polar surface area (TPSA) is 9.23 Å². The van der Waals surface area contributed by atoms with Crippen LogP contribution in [0.25, 0.3) is 0 Å². The molecule has 0 aromatic carbocycles. The quantitative estimate of drug-likeness (QED) is 0.351. The van der Waals surface area contributed by atoms with Gasteiger partial charge in [0.1, 0.15) is 0 Å². The van der Waals surface area contributed by atoms with Crippen LogP contribution in [-0.2, 0) is 4.74 Å². The average molecular weight is 429 g/mol. The van der Waals surface area contributed by atoms with Gasteiger partial charge in [0.15, 0.2) is 0 Å². The SMILES string of the molecule is CCCO[C@H]1CC[C@@]2(C)C(=CC[C@@H]3[C@H]4CC[C@@H]([C@@H](C)CCCC(C)C)[C@]4(C)CC[C@H]32)C1. The summed E-state index contributed by atoms with van der Waals surface area (Å²) in [5.41, 5.74) is 2.86. The van der Waals surface area contributed by atoms with E-state index in [2.05, 4.69) is 47.6 Å². The standard InChI is InChI=1S/C30H52O/c1-7-19-31-24-15-17-29(5)23(20-24)11-12-25-27-14-13-26(22(4)10-8-9-21(2)3)30(27,6)18-16-28(25)29/h11,21-22,24-28H,7-10,12-20H2,1-6H3/t22-,24-,25+,26-,27+,28+,29-,30-/m0/s1. The summed E-state index contributed by atoms with van der Waals surface area (Å²) in [7, 11) is 0. The molecule has 0 unspecified atom stereocenters. The summed E-state index contributed by atoms with van der Waals surface area (Å²) in [6, 6.07) is 0. The summed E-state index contributed by atoms with van der Waals surface area (Å²) in [5.74, 6) is 5.62. The van der Waals surface area contributed by atoms with Gasteiger partial charge in [-0.05, 0) is 104 Å². The zero-order chi connectivity index (χ0) is 22.2. The van der Waals surface area contributed by atoms with Gasteiger partial charge in [-0.3, -0.25) is 0 Å². The van der Waals surface area contributed by atoms with Crippen LogP contribution in [0.5, 0.6) is 0 Å². The Kier molecular flexibility index (Phi) is 7.32. The van der Waals surface area contributed by atoms with Crippen molar-refractivity contribution in [1.29, 1.82) is 0 Å². The molecule has 0 aromatic rings. The van der Waals surface area contributed by atoms with E-state index in [1.54, 1.807) is 5.57 Å². The van der Waals surface area contributed by atoms with E-state index in [4.69, 9.17) is 4.74 Å². The molecule has 1 heteroatoms. The van der Waals surface area contributed by atoms with Crippen molar-refractivity contribution >= 4 is 0 Å². The van der Waals surface area contributed by atoms with E-state index >= 15 is 0 Å². The van der Waals surface area contributed by atoms with Crippen LogP contribution < -0.4 is 0 Å². The Bertz CT molecular complexity index is 634. The number of ether oxygens (including phenoxy) is 1. The van der Waals surface area contributed by atoms with Crippen LogP contribution in [0.4, 0.5) is 0 Å². The molecule has 178 valence electrons. The van der Waals surface area contributed by atoms with Crippen molar-refractivity contribution in [2.24, 2.45) is 46.3 Å². The molecule has 0 N–H and O–H groups in total. The highest BCUT2D eigenvalue weighted by Crippen LogP contribution is 2.67. The molecular weight excluding hydrogens is 376 g/mol. The third-order valence-electron chi connectivity index (χ3n) is 10.8. The van der Waals surface area contributed by atoms with Gasteiger partial charge in [0.2, 0.25) is 0 Å². The number of rotatable bonds is 8. The minimum atomic E-state index is 0.470. The molecule has 31 heavy (non-hydrogen) atoms. The van der Waals surface area contributed by atoms with E-state index in [0.29, 0.717) is 16.9 Å². The Labute approximate surface area is 194 Å². The fourth-order valence-electron chi connectivity index (χ4n) is 9.08. The highest BCUT2D eigenvalue weighted by molar-refractivity contribution is 5.25. The minimum Gasteiger partial charge on any atom is -0.378 e. The first-order chi connectivity index (χ1) is 14.8. The van der Waals surface area contributed by atoms with Gasteiger partial charge in [-0.1, -0.05) is 72.5 Å². The van der Waals surface area contributed by atoms with Crippen LogP contribution in [0.2, 0.25) is 0 Å². The molecule has 3 saturated carbocycles. The largest absolute Gasteiger partial charge is 0.378 e. The predicted octanol–water partition coefficient (Wildman–Crippen LogP) is 8.82. The zero-order valence-corrected chi connectivity index (χ0v) is 21.7. The fourth-order valence-corrected chi connectivity index (χ4v) is 9.08. The van der Waals surface area contributed by atoms with Gasteiger partial charge in [-0.25, -0.2) is 0 Å². The third-order valence-corrected chi connectivity index (χ3v) is 10.8. The van der Waals surface area contributed by atoms with Gasteiger partial charge < -0.3 is 4.74 Å². The minimum absolute atomic E-state index is 0.470. The van der Waals surface area contributed by atoms with Crippen molar-refractivity contribution in [2.75, 3.05) is 6.61 Å². The van der Waals surface area contributed by atoms with E-state index in [9.17, 15) is 0 Å².